The minimum Gasteiger partial charge on any atom is -0.0683 e. The average Bonchev–Trinajstić information content (AvgIpc) is 2.39. The van der Waals surface area contributed by atoms with Crippen LogP contribution in [0.25, 0.3) is 10.8 Å². The molecule has 0 unspecified atom stereocenters. The Morgan fingerprint density at radius 1 is 0.688 bits per heavy atom. The Morgan fingerprint density at radius 2 is 1.12 bits per heavy atom. The second-order valence-electron chi connectivity index (χ2n) is 3.72. The highest BCUT2D eigenvalue weighted by molar-refractivity contribution is 5.83. The van der Waals surface area contributed by atoms with Crippen molar-refractivity contribution >= 4 is 10.8 Å². The van der Waals surface area contributed by atoms with E-state index < -0.39 is 0 Å². The Balaban J connectivity index is 0.000000606. The third kappa shape index (κ3) is 2.85. The van der Waals surface area contributed by atoms with Crippen molar-refractivity contribution in [1.82, 2.24) is 0 Å². The first kappa shape index (κ1) is 12.8. The highest BCUT2D eigenvalue weighted by atomic mass is 14.0. The van der Waals surface area contributed by atoms with Crippen LogP contribution in [0, 0.1) is 0 Å². The molecule has 0 N–H and O–H groups in total. The van der Waals surface area contributed by atoms with Crippen LogP contribution in [-0.2, 0) is 12.8 Å². The van der Waals surface area contributed by atoms with Crippen molar-refractivity contribution in [3.8, 4) is 0 Å². The minimum absolute atomic E-state index is 1.12. The van der Waals surface area contributed by atoms with Gasteiger partial charge in [-0.05, 0) is 34.7 Å². The van der Waals surface area contributed by atoms with Crippen molar-refractivity contribution in [1.29, 1.82) is 0 Å². The van der Waals surface area contributed by atoms with E-state index in [9.17, 15) is 0 Å². The van der Waals surface area contributed by atoms with Crippen LogP contribution >= 0.6 is 0 Å². The van der Waals surface area contributed by atoms with Crippen LogP contribution in [-0.4, -0.2) is 0 Å². The molecule has 0 heterocycles. The van der Waals surface area contributed by atoms with Gasteiger partial charge in [-0.2, -0.15) is 0 Å². The second kappa shape index (κ2) is 6.32. The Bertz CT molecular complexity index is 402. The smallest absolute Gasteiger partial charge is 0.0179 e. The molecule has 86 valence electrons. The Kier molecular flexibility index (Phi) is 5.04. The number of hydrogen-bond acceptors (Lipinski definition) is 0. The summed E-state index contributed by atoms with van der Waals surface area (Å²) < 4.78 is 0. The van der Waals surface area contributed by atoms with E-state index in [1.165, 1.54) is 21.9 Å². The van der Waals surface area contributed by atoms with Gasteiger partial charge in [0.15, 0.2) is 0 Å². The molecule has 0 aliphatic rings. The van der Waals surface area contributed by atoms with E-state index in [1.807, 2.05) is 13.8 Å². The van der Waals surface area contributed by atoms with E-state index in [0.29, 0.717) is 0 Å². The fraction of sp³-hybridized carbons (Fsp3) is 0.375. The predicted octanol–water partition coefficient (Wildman–Crippen LogP) is 4.99. The summed E-state index contributed by atoms with van der Waals surface area (Å²) in [5.74, 6) is 0. The molecule has 0 atom stereocenters. The molecule has 0 aliphatic heterocycles. The highest BCUT2D eigenvalue weighted by Crippen LogP contribution is 2.18. The molecule has 0 saturated carbocycles. The summed E-state index contributed by atoms with van der Waals surface area (Å²) in [5, 5.41) is 2.73. The summed E-state index contributed by atoms with van der Waals surface area (Å²) in [6.07, 6.45) is 2.23. The zero-order chi connectivity index (χ0) is 12.0. The largest absolute Gasteiger partial charge is 0.0683 e. The normalized spacial score (nSPS) is 9.75. The van der Waals surface area contributed by atoms with E-state index in [-0.39, 0.29) is 0 Å². The summed E-state index contributed by atoms with van der Waals surface area (Å²) in [4.78, 5) is 0. The number of benzene rings is 2. The maximum absolute atomic E-state index is 2.30. The second-order valence-corrected chi connectivity index (χ2v) is 3.72. The lowest BCUT2D eigenvalue weighted by molar-refractivity contribution is 1.14. The average molecular weight is 214 g/mol. The molecule has 16 heavy (non-hydrogen) atoms. The molecule has 0 fully saturated rings. The zero-order valence-electron chi connectivity index (χ0n) is 10.9. The molecule has 0 aliphatic carbocycles. The van der Waals surface area contributed by atoms with Gasteiger partial charge in [0.25, 0.3) is 0 Å². The van der Waals surface area contributed by atoms with Crippen LogP contribution in [0.15, 0.2) is 36.4 Å². The number of rotatable bonds is 2. The van der Waals surface area contributed by atoms with E-state index in [2.05, 4.69) is 50.2 Å². The summed E-state index contributed by atoms with van der Waals surface area (Å²) in [7, 11) is 0. The van der Waals surface area contributed by atoms with Gasteiger partial charge in [-0.25, -0.2) is 0 Å². The lowest BCUT2D eigenvalue weighted by atomic mass is 10.0. The third-order valence-corrected chi connectivity index (χ3v) is 2.79. The third-order valence-electron chi connectivity index (χ3n) is 2.79. The first-order chi connectivity index (χ1) is 7.83. The molecule has 0 saturated heterocycles. The minimum atomic E-state index is 1.12. The van der Waals surface area contributed by atoms with Crippen molar-refractivity contribution in [2.75, 3.05) is 0 Å². The SMILES string of the molecule is CC.CCc1ccc2ccc(CC)cc2c1. The lowest BCUT2D eigenvalue weighted by Crippen LogP contribution is -1.83. The van der Waals surface area contributed by atoms with Crippen LogP contribution in [0.1, 0.15) is 38.8 Å². The van der Waals surface area contributed by atoms with Crippen LogP contribution in [0.3, 0.4) is 0 Å². The zero-order valence-corrected chi connectivity index (χ0v) is 10.9. The van der Waals surface area contributed by atoms with Crippen molar-refractivity contribution in [3.05, 3.63) is 47.5 Å². The standard InChI is InChI=1S/C14H16.C2H6/c1-3-11-5-7-13-8-6-12(4-2)10-14(13)9-11;1-2/h5-10H,3-4H2,1-2H3;1-2H3. The van der Waals surface area contributed by atoms with E-state index >= 15 is 0 Å². The van der Waals surface area contributed by atoms with Crippen LogP contribution in [0.2, 0.25) is 0 Å². The molecule has 2 aromatic rings. The van der Waals surface area contributed by atoms with Gasteiger partial charge in [0.05, 0.1) is 0 Å². The molecule has 0 aromatic heterocycles. The number of fused-ring (bicyclic) bond motifs is 1. The highest BCUT2D eigenvalue weighted by Gasteiger charge is 1.96. The maximum Gasteiger partial charge on any atom is -0.0179 e. The monoisotopic (exact) mass is 214 g/mol. The van der Waals surface area contributed by atoms with Crippen molar-refractivity contribution in [3.63, 3.8) is 0 Å². The molecule has 0 nitrogen and oxygen atoms in total. The van der Waals surface area contributed by atoms with Gasteiger partial charge < -0.3 is 0 Å². The fourth-order valence-electron chi connectivity index (χ4n) is 1.79. The Hall–Kier alpha value is -1.30. The van der Waals surface area contributed by atoms with Crippen molar-refractivity contribution in [2.45, 2.75) is 40.5 Å². The first-order valence-electron chi connectivity index (χ1n) is 6.35. The van der Waals surface area contributed by atoms with Crippen LogP contribution in [0.5, 0.6) is 0 Å². The molecule has 2 rings (SSSR count). The quantitative estimate of drug-likeness (QED) is 0.660. The van der Waals surface area contributed by atoms with E-state index in [0.717, 1.165) is 12.8 Å². The molecule has 0 amide bonds. The van der Waals surface area contributed by atoms with Crippen LogP contribution < -0.4 is 0 Å². The van der Waals surface area contributed by atoms with Crippen LogP contribution in [0.4, 0.5) is 0 Å². The molecule has 0 spiro atoms. The van der Waals surface area contributed by atoms with Crippen molar-refractivity contribution < 1.29 is 0 Å². The van der Waals surface area contributed by atoms with Gasteiger partial charge in [-0.1, -0.05) is 64.1 Å². The predicted molar refractivity (Wildman–Crippen MR) is 74.1 cm³/mol. The fourth-order valence-corrected chi connectivity index (χ4v) is 1.79. The molecular formula is C16H22. The van der Waals surface area contributed by atoms with Gasteiger partial charge in [-0.3, -0.25) is 0 Å². The number of hydrogen-bond donors (Lipinski definition) is 0. The van der Waals surface area contributed by atoms with Gasteiger partial charge in [0, 0.05) is 0 Å². The summed E-state index contributed by atoms with van der Waals surface area (Å²) in [6, 6.07) is 13.5. The molecular weight excluding hydrogens is 192 g/mol. The van der Waals surface area contributed by atoms with Gasteiger partial charge in [-0.15, -0.1) is 0 Å². The number of aryl methyl sites for hydroxylation is 2. The van der Waals surface area contributed by atoms with E-state index in [4.69, 9.17) is 0 Å². The Morgan fingerprint density at radius 3 is 1.50 bits per heavy atom. The molecule has 0 radical (unpaired) electrons. The lowest BCUT2D eigenvalue weighted by Gasteiger charge is -2.03. The van der Waals surface area contributed by atoms with E-state index in [1.54, 1.807) is 0 Å². The topological polar surface area (TPSA) is 0 Å². The summed E-state index contributed by atoms with van der Waals surface area (Å²) >= 11 is 0. The molecule has 0 bridgehead atoms. The molecule has 2 aromatic carbocycles. The summed E-state index contributed by atoms with van der Waals surface area (Å²) in [6.45, 7) is 8.40. The van der Waals surface area contributed by atoms with Gasteiger partial charge in [0.2, 0.25) is 0 Å². The molecule has 0 heteroatoms. The summed E-state index contributed by atoms with van der Waals surface area (Å²) in [5.41, 5.74) is 2.84. The Labute approximate surface area is 99.3 Å². The first-order valence-corrected chi connectivity index (χ1v) is 6.35. The van der Waals surface area contributed by atoms with Crippen molar-refractivity contribution in [2.24, 2.45) is 0 Å². The van der Waals surface area contributed by atoms with Gasteiger partial charge >= 0.3 is 0 Å². The maximum atomic E-state index is 2.30. The van der Waals surface area contributed by atoms with Gasteiger partial charge in [0.1, 0.15) is 0 Å².